The van der Waals surface area contributed by atoms with Gasteiger partial charge in [-0.3, -0.25) is 4.79 Å². The predicted octanol–water partition coefficient (Wildman–Crippen LogP) is 2.13. The Hall–Kier alpha value is -1.20. The smallest absolute Gasteiger partial charge is 0.220 e. The minimum absolute atomic E-state index is 0. The number of hydrogen-bond acceptors (Lipinski definition) is 2. The van der Waals surface area contributed by atoms with Crippen molar-refractivity contribution >= 4 is 18.3 Å². The summed E-state index contributed by atoms with van der Waals surface area (Å²) in [6, 6.07) is 3.10. The molecular formula is C12H17ClF2N2O. The highest BCUT2D eigenvalue weighted by atomic mass is 35.5. The highest BCUT2D eigenvalue weighted by Crippen LogP contribution is 2.09. The van der Waals surface area contributed by atoms with E-state index in [-0.39, 0.29) is 42.9 Å². The molecule has 0 saturated carbocycles. The van der Waals surface area contributed by atoms with Gasteiger partial charge in [-0.15, -0.1) is 12.4 Å². The number of amides is 1. The molecule has 1 amide bonds. The van der Waals surface area contributed by atoms with Gasteiger partial charge in [-0.25, -0.2) is 8.78 Å². The molecule has 1 atom stereocenters. The number of carbonyl (C=O) groups excluding carboxylic acids is 1. The van der Waals surface area contributed by atoms with Crippen molar-refractivity contribution in [3.63, 3.8) is 0 Å². The van der Waals surface area contributed by atoms with Gasteiger partial charge in [0, 0.05) is 24.6 Å². The third-order valence-electron chi connectivity index (χ3n) is 2.31. The second-order valence-electron chi connectivity index (χ2n) is 4.03. The van der Waals surface area contributed by atoms with Crippen molar-refractivity contribution in [1.29, 1.82) is 0 Å². The number of nitrogens with one attached hydrogen (secondary N) is 1. The molecule has 0 fully saturated rings. The molecule has 18 heavy (non-hydrogen) atoms. The van der Waals surface area contributed by atoms with Crippen LogP contribution in [0.15, 0.2) is 18.2 Å². The van der Waals surface area contributed by atoms with Crippen molar-refractivity contribution in [3.8, 4) is 0 Å². The van der Waals surface area contributed by atoms with Crippen LogP contribution in [0.2, 0.25) is 0 Å². The molecule has 0 bridgehead atoms. The van der Waals surface area contributed by atoms with Gasteiger partial charge in [0.2, 0.25) is 5.91 Å². The first kappa shape index (κ1) is 16.8. The van der Waals surface area contributed by atoms with Crippen LogP contribution in [-0.4, -0.2) is 11.9 Å². The van der Waals surface area contributed by atoms with E-state index in [2.05, 4.69) is 5.32 Å². The van der Waals surface area contributed by atoms with E-state index in [4.69, 9.17) is 5.73 Å². The summed E-state index contributed by atoms with van der Waals surface area (Å²) in [4.78, 5) is 11.3. The van der Waals surface area contributed by atoms with E-state index in [1.165, 1.54) is 0 Å². The van der Waals surface area contributed by atoms with E-state index >= 15 is 0 Å². The number of halogens is 3. The zero-order chi connectivity index (χ0) is 12.8. The van der Waals surface area contributed by atoms with Crippen molar-refractivity contribution in [2.24, 2.45) is 5.73 Å². The third kappa shape index (κ3) is 5.93. The Morgan fingerprint density at radius 1 is 1.44 bits per heavy atom. The second-order valence-corrected chi connectivity index (χ2v) is 4.03. The van der Waals surface area contributed by atoms with Crippen LogP contribution in [0.1, 0.15) is 25.3 Å². The van der Waals surface area contributed by atoms with E-state index in [1.54, 1.807) is 6.92 Å². The number of rotatable bonds is 5. The van der Waals surface area contributed by atoms with Crippen LogP contribution in [0.4, 0.5) is 8.78 Å². The molecule has 1 unspecified atom stereocenters. The molecule has 1 aromatic carbocycles. The molecule has 0 aliphatic rings. The molecular weight excluding hydrogens is 262 g/mol. The molecule has 0 aromatic heterocycles. The van der Waals surface area contributed by atoms with Crippen LogP contribution in [0.25, 0.3) is 0 Å². The van der Waals surface area contributed by atoms with Crippen molar-refractivity contribution < 1.29 is 13.6 Å². The van der Waals surface area contributed by atoms with Gasteiger partial charge in [-0.1, -0.05) is 0 Å². The fraction of sp³-hybridized carbons (Fsp3) is 0.417. The van der Waals surface area contributed by atoms with E-state index in [9.17, 15) is 13.6 Å². The molecule has 0 spiro atoms. The molecule has 3 nitrogen and oxygen atoms in total. The quantitative estimate of drug-likeness (QED) is 0.867. The average molecular weight is 279 g/mol. The Morgan fingerprint density at radius 2 is 2.11 bits per heavy atom. The molecule has 102 valence electrons. The van der Waals surface area contributed by atoms with Gasteiger partial charge in [-0.2, -0.15) is 0 Å². The lowest BCUT2D eigenvalue weighted by Gasteiger charge is -2.07. The van der Waals surface area contributed by atoms with Crippen LogP contribution in [0.3, 0.4) is 0 Å². The highest BCUT2D eigenvalue weighted by Gasteiger charge is 2.07. The Labute approximate surface area is 111 Å². The zero-order valence-corrected chi connectivity index (χ0v) is 10.9. The second kappa shape index (κ2) is 8.00. The Kier molecular flexibility index (Phi) is 7.47. The number of benzene rings is 1. The minimum atomic E-state index is -0.529. The SMILES string of the molecule is CC(N)CCC(=O)NCc1cc(F)ccc1F.Cl. The molecule has 1 rings (SSSR count). The first-order valence-corrected chi connectivity index (χ1v) is 5.45. The third-order valence-corrected chi connectivity index (χ3v) is 2.31. The van der Waals surface area contributed by atoms with Gasteiger partial charge in [0.15, 0.2) is 0 Å². The minimum Gasteiger partial charge on any atom is -0.352 e. The van der Waals surface area contributed by atoms with Gasteiger partial charge in [0.25, 0.3) is 0 Å². The lowest BCUT2D eigenvalue weighted by Crippen LogP contribution is -2.25. The normalized spacial score (nSPS) is 11.6. The fourth-order valence-electron chi connectivity index (χ4n) is 1.32. The number of hydrogen-bond donors (Lipinski definition) is 2. The van der Waals surface area contributed by atoms with Crippen molar-refractivity contribution in [2.75, 3.05) is 0 Å². The van der Waals surface area contributed by atoms with E-state index in [0.29, 0.717) is 6.42 Å². The zero-order valence-electron chi connectivity index (χ0n) is 10.1. The summed E-state index contributed by atoms with van der Waals surface area (Å²) in [5.41, 5.74) is 5.64. The highest BCUT2D eigenvalue weighted by molar-refractivity contribution is 5.85. The van der Waals surface area contributed by atoms with Gasteiger partial charge in [0.1, 0.15) is 11.6 Å². The summed E-state index contributed by atoms with van der Waals surface area (Å²) in [5.74, 6) is -1.27. The molecule has 0 heterocycles. The Morgan fingerprint density at radius 3 is 2.72 bits per heavy atom. The van der Waals surface area contributed by atoms with E-state index in [1.807, 2.05) is 0 Å². The van der Waals surface area contributed by atoms with Gasteiger partial charge >= 0.3 is 0 Å². The monoisotopic (exact) mass is 278 g/mol. The fourth-order valence-corrected chi connectivity index (χ4v) is 1.32. The molecule has 1 aromatic rings. The average Bonchev–Trinajstić information content (AvgIpc) is 2.27. The molecule has 0 aliphatic heterocycles. The summed E-state index contributed by atoms with van der Waals surface area (Å²) >= 11 is 0. The van der Waals surface area contributed by atoms with Crippen LogP contribution in [-0.2, 0) is 11.3 Å². The summed E-state index contributed by atoms with van der Waals surface area (Å²) in [7, 11) is 0. The van der Waals surface area contributed by atoms with E-state index < -0.39 is 11.6 Å². The van der Waals surface area contributed by atoms with Gasteiger partial charge in [-0.05, 0) is 31.5 Å². The maximum absolute atomic E-state index is 13.2. The maximum atomic E-state index is 13.2. The van der Waals surface area contributed by atoms with E-state index in [0.717, 1.165) is 18.2 Å². The van der Waals surface area contributed by atoms with Crippen LogP contribution in [0, 0.1) is 11.6 Å². The summed E-state index contributed by atoms with van der Waals surface area (Å²) in [6.45, 7) is 1.79. The lowest BCUT2D eigenvalue weighted by molar-refractivity contribution is -0.121. The predicted molar refractivity (Wildman–Crippen MR) is 68.3 cm³/mol. The van der Waals surface area contributed by atoms with Crippen molar-refractivity contribution in [2.45, 2.75) is 32.4 Å². The maximum Gasteiger partial charge on any atom is 0.220 e. The van der Waals surface area contributed by atoms with Gasteiger partial charge in [0.05, 0.1) is 0 Å². The summed E-state index contributed by atoms with van der Waals surface area (Å²) in [6.07, 6.45) is 0.853. The standard InChI is InChI=1S/C12H16F2N2O.ClH/c1-8(15)2-5-12(17)16-7-9-6-10(13)3-4-11(9)14;/h3-4,6,8H,2,5,7,15H2,1H3,(H,16,17);1H. The summed E-state index contributed by atoms with van der Waals surface area (Å²) < 4.78 is 26.0. The lowest BCUT2D eigenvalue weighted by atomic mass is 10.1. The van der Waals surface area contributed by atoms with Crippen LogP contribution in [0.5, 0.6) is 0 Å². The molecule has 3 N–H and O–H groups in total. The Balaban J connectivity index is 0.00000289. The first-order valence-electron chi connectivity index (χ1n) is 5.45. The van der Waals surface area contributed by atoms with Crippen molar-refractivity contribution in [3.05, 3.63) is 35.4 Å². The number of nitrogens with two attached hydrogens (primary N) is 1. The molecule has 0 saturated heterocycles. The molecule has 0 radical (unpaired) electrons. The largest absolute Gasteiger partial charge is 0.352 e. The Bertz CT molecular complexity index is 400. The van der Waals surface area contributed by atoms with Gasteiger partial charge < -0.3 is 11.1 Å². The number of carbonyl (C=O) groups is 1. The van der Waals surface area contributed by atoms with Crippen LogP contribution < -0.4 is 11.1 Å². The van der Waals surface area contributed by atoms with Crippen molar-refractivity contribution in [1.82, 2.24) is 5.32 Å². The first-order chi connectivity index (χ1) is 7.99. The van der Waals surface area contributed by atoms with Crippen LogP contribution >= 0.6 is 12.4 Å². The topological polar surface area (TPSA) is 55.1 Å². The molecule has 6 heteroatoms. The molecule has 0 aliphatic carbocycles. The summed E-state index contributed by atoms with van der Waals surface area (Å²) in [5, 5.41) is 2.52.